The molecule has 0 aliphatic carbocycles. The van der Waals surface area contributed by atoms with Gasteiger partial charge in [-0.25, -0.2) is 4.79 Å². The van der Waals surface area contributed by atoms with Crippen LogP contribution in [-0.4, -0.2) is 48.9 Å². The number of amides is 2. The summed E-state index contributed by atoms with van der Waals surface area (Å²) in [6.07, 6.45) is 0. The summed E-state index contributed by atoms with van der Waals surface area (Å²) in [5.74, 6) is -0.0351. The Labute approximate surface area is 148 Å². The lowest BCUT2D eigenvalue weighted by Gasteiger charge is -2.23. The molecule has 5 heteroatoms. The van der Waals surface area contributed by atoms with Gasteiger partial charge in [-0.05, 0) is 30.2 Å². The molecule has 1 aliphatic heterocycles. The molecule has 2 aromatic carbocycles. The van der Waals surface area contributed by atoms with Crippen molar-refractivity contribution in [2.75, 3.05) is 38.2 Å². The van der Waals surface area contributed by atoms with Gasteiger partial charge in [-0.15, -0.1) is 0 Å². The zero-order valence-electron chi connectivity index (χ0n) is 14.4. The van der Waals surface area contributed by atoms with E-state index in [1.54, 1.807) is 4.90 Å². The number of benzene rings is 2. The van der Waals surface area contributed by atoms with Crippen molar-refractivity contribution in [1.82, 2.24) is 4.90 Å². The van der Waals surface area contributed by atoms with Gasteiger partial charge < -0.3 is 20.1 Å². The summed E-state index contributed by atoms with van der Waals surface area (Å²) in [7, 11) is 0. The zero-order chi connectivity index (χ0) is 17.6. The number of nitrogens with one attached hydrogen (secondary N) is 1. The first kappa shape index (κ1) is 17.5. The lowest BCUT2D eigenvalue weighted by atomic mass is 10.0. The summed E-state index contributed by atoms with van der Waals surface area (Å²) in [5.41, 5.74) is 4.15. The van der Waals surface area contributed by atoms with E-state index in [2.05, 4.69) is 36.5 Å². The minimum Gasteiger partial charge on any atom is -0.396 e. The molecule has 25 heavy (non-hydrogen) atoms. The van der Waals surface area contributed by atoms with Gasteiger partial charge in [0, 0.05) is 31.3 Å². The normalized spacial score (nSPS) is 17.8. The van der Waals surface area contributed by atoms with Crippen LogP contribution in [0, 0.1) is 12.8 Å². The van der Waals surface area contributed by atoms with Gasteiger partial charge in [0.05, 0.1) is 13.2 Å². The Morgan fingerprint density at radius 1 is 1.24 bits per heavy atom. The molecular weight excluding hydrogens is 316 g/mol. The molecule has 1 fully saturated rings. The third-order valence-electron chi connectivity index (χ3n) is 4.38. The monoisotopic (exact) mass is 340 g/mol. The maximum atomic E-state index is 12.6. The van der Waals surface area contributed by atoms with E-state index in [-0.39, 0.29) is 18.6 Å². The number of ether oxygens (including phenoxy) is 1. The fourth-order valence-corrected chi connectivity index (χ4v) is 2.90. The minimum atomic E-state index is -0.162. The molecule has 0 spiro atoms. The number of carbonyl (C=O) groups is 1. The van der Waals surface area contributed by atoms with Gasteiger partial charge in [-0.1, -0.05) is 42.0 Å². The Balaban J connectivity index is 1.71. The smallest absolute Gasteiger partial charge is 0.321 e. The van der Waals surface area contributed by atoms with Crippen LogP contribution in [0.5, 0.6) is 0 Å². The van der Waals surface area contributed by atoms with Crippen molar-refractivity contribution in [2.45, 2.75) is 6.92 Å². The third kappa shape index (κ3) is 4.59. The van der Waals surface area contributed by atoms with Crippen LogP contribution in [0.3, 0.4) is 0 Å². The molecule has 5 nitrogen and oxygen atoms in total. The summed E-state index contributed by atoms with van der Waals surface area (Å²) >= 11 is 0. The average Bonchev–Trinajstić information content (AvgIpc) is 2.88. The zero-order valence-corrected chi connectivity index (χ0v) is 14.4. The van der Waals surface area contributed by atoms with E-state index in [1.165, 1.54) is 5.56 Å². The average molecular weight is 340 g/mol. The Bertz CT molecular complexity index is 715. The standard InChI is InChI=1S/C20H24N2O3/c1-15-5-7-17(8-6-15)18-3-2-4-19(11-18)21-20(24)22-9-10-25-14-16(12-22)13-23/h2-8,11,16,23H,9-10,12-14H2,1H3,(H,21,24)/t16-/m0/s1. The van der Waals surface area contributed by atoms with Crippen LogP contribution < -0.4 is 5.32 Å². The number of hydrogen-bond acceptors (Lipinski definition) is 3. The maximum Gasteiger partial charge on any atom is 0.321 e. The number of carbonyl (C=O) groups excluding carboxylic acids is 1. The van der Waals surface area contributed by atoms with Crippen molar-refractivity contribution in [2.24, 2.45) is 5.92 Å². The van der Waals surface area contributed by atoms with E-state index in [0.29, 0.717) is 26.3 Å². The van der Waals surface area contributed by atoms with Crippen LogP contribution in [0.2, 0.25) is 0 Å². The number of rotatable bonds is 3. The van der Waals surface area contributed by atoms with Crippen molar-refractivity contribution in [3.63, 3.8) is 0 Å². The highest BCUT2D eigenvalue weighted by Gasteiger charge is 2.22. The second-order valence-corrected chi connectivity index (χ2v) is 6.45. The Morgan fingerprint density at radius 3 is 2.80 bits per heavy atom. The topological polar surface area (TPSA) is 61.8 Å². The SMILES string of the molecule is Cc1ccc(-c2cccc(NC(=O)N3CCOC[C@H](CO)C3)c2)cc1. The lowest BCUT2D eigenvalue weighted by molar-refractivity contribution is 0.0958. The number of hydrogen-bond donors (Lipinski definition) is 2. The van der Waals surface area contributed by atoms with E-state index in [0.717, 1.165) is 16.8 Å². The molecule has 2 N–H and O–H groups in total. The first-order valence-corrected chi connectivity index (χ1v) is 8.57. The van der Waals surface area contributed by atoms with Crippen LogP contribution in [0.4, 0.5) is 10.5 Å². The number of anilines is 1. The Kier molecular flexibility index (Phi) is 5.68. The van der Waals surface area contributed by atoms with Crippen molar-refractivity contribution in [1.29, 1.82) is 0 Å². The van der Waals surface area contributed by atoms with E-state index < -0.39 is 0 Å². The number of aryl methyl sites for hydroxylation is 1. The fourth-order valence-electron chi connectivity index (χ4n) is 2.90. The van der Waals surface area contributed by atoms with E-state index in [1.807, 2.05) is 24.3 Å². The number of nitrogens with zero attached hydrogens (tertiary/aromatic N) is 1. The third-order valence-corrected chi connectivity index (χ3v) is 4.38. The molecule has 1 aliphatic rings. The lowest BCUT2D eigenvalue weighted by Crippen LogP contribution is -2.39. The summed E-state index contributed by atoms with van der Waals surface area (Å²) < 4.78 is 5.43. The first-order chi connectivity index (χ1) is 12.2. The largest absolute Gasteiger partial charge is 0.396 e. The highest BCUT2D eigenvalue weighted by molar-refractivity contribution is 5.90. The quantitative estimate of drug-likeness (QED) is 0.902. The predicted molar refractivity (Wildman–Crippen MR) is 98.6 cm³/mol. The molecule has 0 bridgehead atoms. The molecule has 2 aromatic rings. The van der Waals surface area contributed by atoms with Gasteiger partial charge in [0.2, 0.25) is 0 Å². The molecule has 0 unspecified atom stereocenters. The van der Waals surface area contributed by atoms with Gasteiger partial charge in [0.25, 0.3) is 0 Å². The van der Waals surface area contributed by atoms with Crippen LogP contribution in [0.25, 0.3) is 11.1 Å². The van der Waals surface area contributed by atoms with E-state index in [9.17, 15) is 9.90 Å². The summed E-state index contributed by atoms with van der Waals surface area (Å²) in [6, 6.07) is 16.0. The van der Waals surface area contributed by atoms with Gasteiger partial charge in [-0.2, -0.15) is 0 Å². The molecular formula is C20H24N2O3. The number of aliphatic hydroxyl groups is 1. The van der Waals surface area contributed by atoms with Gasteiger partial charge in [-0.3, -0.25) is 0 Å². The van der Waals surface area contributed by atoms with Crippen molar-refractivity contribution in [3.05, 3.63) is 54.1 Å². The van der Waals surface area contributed by atoms with E-state index in [4.69, 9.17) is 4.74 Å². The summed E-state index contributed by atoms with van der Waals surface area (Å²) in [6.45, 7) is 4.09. The molecule has 3 rings (SSSR count). The van der Waals surface area contributed by atoms with Crippen LogP contribution >= 0.6 is 0 Å². The first-order valence-electron chi connectivity index (χ1n) is 8.57. The van der Waals surface area contributed by atoms with Crippen molar-refractivity contribution < 1.29 is 14.6 Å². The molecule has 1 atom stereocenters. The van der Waals surface area contributed by atoms with Crippen LogP contribution in [0.15, 0.2) is 48.5 Å². The molecule has 1 heterocycles. The highest BCUT2D eigenvalue weighted by atomic mass is 16.5. The fraction of sp³-hybridized carbons (Fsp3) is 0.350. The molecule has 1 saturated heterocycles. The number of aliphatic hydroxyl groups excluding tert-OH is 1. The number of urea groups is 1. The molecule has 0 radical (unpaired) electrons. The minimum absolute atomic E-state index is 0.0205. The molecule has 0 aromatic heterocycles. The summed E-state index contributed by atoms with van der Waals surface area (Å²) in [5, 5.41) is 12.3. The van der Waals surface area contributed by atoms with E-state index >= 15 is 0 Å². The molecule has 2 amide bonds. The maximum absolute atomic E-state index is 12.6. The van der Waals surface area contributed by atoms with Gasteiger partial charge in [0.1, 0.15) is 0 Å². The van der Waals surface area contributed by atoms with Gasteiger partial charge >= 0.3 is 6.03 Å². The van der Waals surface area contributed by atoms with Crippen molar-refractivity contribution in [3.8, 4) is 11.1 Å². The summed E-state index contributed by atoms with van der Waals surface area (Å²) in [4.78, 5) is 14.3. The van der Waals surface area contributed by atoms with Crippen molar-refractivity contribution >= 4 is 11.7 Å². The van der Waals surface area contributed by atoms with Crippen LogP contribution in [0.1, 0.15) is 5.56 Å². The Hall–Kier alpha value is -2.37. The molecule has 132 valence electrons. The Morgan fingerprint density at radius 2 is 2.04 bits per heavy atom. The van der Waals surface area contributed by atoms with Gasteiger partial charge in [0.15, 0.2) is 0 Å². The highest BCUT2D eigenvalue weighted by Crippen LogP contribution is 2.23. The second kappa shape index (κ2) is 8.14. The second-order valence-electron chi connectivity index (χ2n) is 6.45. The van der Waals surface area contributed by atoms with Crippen LogP contribution in [-0.2, 0) is 4.74 Å². The predicted octanol–water partition coefficient (Wildman–Crippen LogP) is 3.13. The molecule has 0 saturated carbocycles.